The lowest BCUT2D eigenvalue weighted by Gasteiger charge is -2.45. The van der Waals surface area contributed by atoms with Gasteiger partial charge in [-0.25, -0.2) is 0 Å². The number of ether oxygens (including phenoxy) is 1. The highest BCUT2D eigenvalue weighted by Crippen LogP contribution is 2.33. The molecule has 7 heteroatoms. The molecule has 0 spiro atoms. The Labute approximate surface area is 183 Å². The van der Waals surface area contributed by atoms with Crippen molar-refractivity contribution < 1.29 is 18.7 Å². The van der Waals surface area contributed by atoms with E-state index < -0.39 is 5.54 Å². The number of nitrogens with one attached hydrogen (secondary N) is 1. The van der Waals surface area contributed by atoms with Crippen molar-refractivity contribution >= 4 is 11.8 Å². The van der Waals surface area contributed by atoms with Crippen molar-refractivity contribution in [1.29, 1.82) is 0 Å². The molecule has 7 nitrogen and oxygen atoms in total. The SMILES string of the molecule is COCCCN1C(=O)c2ccc(-c3ccco3)n2CC1(C)C(=O)NC1CCCCCC1. The fraction of sp³-hybridized carbons (Fsp3) is 0.583. The molecule has 0 aromatic carbocycles. The average molecular weight is 428 g/mol. The third-order valence-corrected chi connectivity index (χ3v) is 6.69. The Morgan fingerprint density at radius 1 is 1.19 bits per heavy atom. The number of fused-ring (bicyclic) bond motifs is 1. The summed E-state index contributed by atoms with van der Waals surface area (Å²) in [6.45, 7) is 3.30. The predicted octanol–water partition coefficient (Wildman–Crippen LogP) is 3.84. The molecule has 168 valence electrons. The maximum atomic E-state index is 13.6. The third-order valence-electron chi connectivity index (χ3n) is 6.69. The molecule has 31 heavy (non-hydrogen) atoms. The van der Waals surface area contributed by atoms with E-state index in [1.54, 1.807) is 18.3 Å². The van der Waals surface area contributed by atoms with Gasteiger partial charge < -0.3 is 23.9 Å². The minimum atomic E-state index is -0.982. The van der Waals surface area contributed by atoms with E-state index in [-0.39, 0.29) is 17.9 Å². The number of carbonyl (C=O) groups excluding carboxylic acids is 2. The molecule has 4 rings (SSSR count). The molecule has 2 amide bonds. The summed E-state index contributed by atoms with van der Waals surface area (Å²) in [4.78, 5) is 28.9. The van der Waals surface area contributed by atoms with Crippen LogP contribution in [0.3, 0.4) is 0 Å². The van der Waals surface area contributed by atoms with E-state index in [0.29, 0.717) is 37.6 Å². The fourth-order valence-electron chi connectivity index (χ4n) is 4.89. The Morgan fingerprint density at radius 3 is 2.61 bits per heavy atom. The summed E-state index contributed by atoms with van der Waals surface area (Å²) in [5.41, 5.74) is 0.423. The number of hydrogen-bond acceptors (Lipinski definition) is 4. The molecule has 1 N–H and O–H groups in total. The molecule has 1 aliphatic heterocycles. The van der Waals surface area contributed by atoms with Crippen molar-refractivity contribution in [3.05, 3.63) is 36.2 Å². The summed E-state index contributed by atoms with van der Waals surface area (Å²) in [5.74, 6) is 0.493. The Kier molecular flexibility index (Phi) is 6.51. The van der Waals surface area contributed by atoms with Gasteiger partial charge in [-0.1, -0.05) is 25.7 Å². The van der Waals surface area contributed by atoms with Crippen molar-refractivity contribution in [2.24, 2.45) is 0 Å². The second-order valence-corrected chi connectivity index (χ2v) is 8.91. The van der Waals surface area contributed by atoms with Crippen LogP contribution in [-0.2, 0) is 16.1 Å². The number of nitrogens with zero attached hydrogens (tertiary/aromatic N) is 2. The lowest BCUT2D eigenvalue weighted by atomic mass is 9.93. The largest absolute Gasteiger partial charge is 0.463 e. The Hall–Kier alpha value is -2.54. The zero-order chi connectivity index (χ0) is 21.8. The van der Waals surface area contributed by atoms with Crippen LogP contribution in [0, 0.1) is 0 Å². The van der Waals surface area contributed by atoms with Crippen LogP contribution in [0.25, 0.3) is 11.5 Å². The second-order valence-electron chi connectivity index (χ2n) is 8.91. The maximum Gasteiger partial charge on any atom is 0.271 e. The number of carbonyl (C=O) groups is 2. The van der Waals surface area contributed by atoms with Gasteiger partial charge in [-0.2, -0.15) is 0 Å². The van der Waals surface area contributed by atoms with Crippen LogP contribution in [0.5, 0.6) is 0 Å². The predicted molar refractivity (Wildman–Crippen MR) is 118 cm³/mol. The van der Waals surface area contributed by atoms with E-state index in [4.69, 9.17) is 9.15 Å². The first-order valence-corrected chi connectivity index (χ1v) is 11.4. The van der Waals surface area contributed by atoms with Gasteiger partial charge in [-0.05, 0) is 50.5 Å². The molecule has 1 aliphatic carbocycles. The Balaban J connectivity index is 1.65. The highest BCUT2D eigenvalue weighted by molar-refractivity contribution is 6.00. The van der Waals surface area contributed by atoms with Gasteiger partial charge in [-0.3, -0.25) is 9.59 Å². The van der Waals surface area contributed by atoms with Crippen molar-refractivity contribution in [3.8, 4) is 11.5 Å². The molecule has 0 saturated heterocycles. The summed E-state index contributed by atoms with van der Waals surface area (Å²) in [5, 5.41) is 3.29. The lowest BCUT2D eigenvalue weighted by molar-refractivity contribution is -0.133. The molecule has 2 aromatic heterocycles. The highest BCUT2D eigenvalue weighted by Gasteiger charge is 2.48. The number of methoxy groups -OCH3 is 1. The van der Waals surface area contributed by atoms with Crippen molar-refractivity contribution in [2.75, 3.05) is 20.3 Å². The molecule has 3 heterocycles. The van der Waals surface area contributed by atoms with E-state index in [1.165, 1.54) is 12.8 Å². The van der Waals surface area contributed by atoms with Gasteiger partial charge in [0.15, 0.2) is 0 Å². The Morgan fingerprint density at radius 2 is 1.94 bits per heavy atom. The maximum absolute atomic E-state index is 13.6. The number of amides is 2. The van der Waals surface area contributed by atoms with Crippen molar-refractivity contribution in [3.63, 3.8) is 0 Å². The highest BCUT2D eigenvalue weighted by atomic mass is 16.5. The van der Waals surface area contributed by atoms with E-state index in [0.717, 1.165) is 31.4 Å². The quantitative estimate of drug-likeness (QED) is 0.538. The topological polar surface area (TPSA) is 76.7 Å². The van der Waals surface area contributed by atoms with Crippen LogP contribution in [0.2, 0.25) is 0 Å². The summed E-state index contributed by atoms with van der Waals surface area (Å²) < 4.78 is 12.7. The molecular formula is C24H33N3O4. The molecule has 1 atom stereocenters. The molecule has 2 aliphatic rings. The minimum absolute atomic E-state index is 0.0742. The summed E-state index contributed by atoms with van der Waals surface area (Å²) in [6, 6.07) is 7.61. The van der Waals surface area contributed by atoms with Crippen LogP contribution in [-0.4, -0.2) is 53.1 Å². The first-order chi connectivity index (χ1) is 15.0. The number of aromatic nitrogens is 1. The second kappa shape index (κ2) is 9.30. The van der Waals surface area contributed by atoms with E-state index in [1.807, 2.05) is 35.8 Å². The molecule has 0 bridgehead atoms. The molecule has 0 radical (unpaired) electrons. The summed E-state index contributed by atoms with van der Waals surface area (Å²) in [7, 11) is 1.65. The van der Waals surface area contributed by atoms with Crippen LogP contribution in [0.4, 0.5) is 0 Å². The van der Waals surface area contributed by atoms with Crippen LogP contribution < -0.4 is 5.32 Å². The molecule has 1 fully saturated rings. The van der Waals surface area contributed by atoms with Crippen LogP contribution >= 0.6 is 0 Å². The van der Waals surface area contributed by atoms with Gasteiger partial charge in [0.05, 0.1) is 18.5 Å². The molecular weight excluding hydrogens is 394 g/mol. The first kappa shape index (κ1) is 21.7. The van der Waals surface area contributed by atoms with Gasteiger partial charge in [-0.15, -0.1) is 0 Å². The molecule has 2 aromatic rings. The zero-order valence-corrected chi connectivity index (χ0v) is 18.6. The lowest BCUT2D eigenvalue weighted by Crippen LogP contribution is -2.65. The van der Waals surface area contributed by atoms with E-state index >= 15 is 0 Å². The van der Waals surface area contributed by atoms with Gasteiger partial charge in [0, 0.05) is 26.3 Å². The van der Waals surface area contributed by atoms with Gasteiger partial charge >= 0.3 is 0 Å². The zero-order valence-electron chi connectivity index (χ0n) is 18.6. The molecule has 1 unspecified atom stereocenters. The average Bonchev–Trinajstić information content (AvgIpc) is 3.35. The molecule has 1 saturated carbocycles. The first-order valence-electron chi connectivity index (χ1n) is 11.4. The number of rotatable bonds is 7. The van der Waals surface area contributed by atoms with Crippen LogP contribution in [0.15, 0.2) is 34.9 Å². The smallest absolute Gasteiger partial charge is 0.271 e. The third kappa shape index (κ3) is 4.28. The Bertz CT molecular complexity index is 896. The summed E-state index contributed by atoms with van der Waals surface area (Å²) in [6.07, 6.45) is 9.05. The fourth-order valence-corrected chi connectivity index (χ4v) is 4.89. The van der Waals surface area contributed by atoms with Gasteiger partial charge in [0.1, 0.15) is 17.0 Å². The van der Waals surface area contributed by atoms with E-state index in [9.17, 15) is 9.59 Å². The number of furan rings is 1. The van der Waals surface area contributed by atoms with Gasteiger partial charge in [0.2, 0.25) is 5.91 Å². The van der Waals surface area contributed by atoms with Gasteiger partial charge in [0.25, 0.3) is 5.91 Å². The standard InChI is InChI=1S/C24H33N3O4/c1-24(23(29)25-18-9-5-3-4-6-10-18)17-26-19(21-11-7-16-31-21)12-13-20(26)22(28)27(24)14-8-15-30-2/h7,11-13,16,18H,3-6,8-10,14-15,17H2,1-2H3,(H,25,29). The number of hydrogen-bond donors (Lipinski definition) is 1. The van der Waals surface area contributed by atoms with Crippen LogP contribution in [0.1, 0.15) is 62.4 Å². The minimum Gasteiger partial charge on any atom is -0.463 e. The normalized spacial score (nSPS) is 22.3. The van der Waals surface area contributed by atoms with E-state index in [2.05, 4.69) is 5.32 Å². The monoisotopic (exact) mass is 427 g/mol. The van der Waals surface area contributed by atoms with Crippen molar-refractivity contribution in [2.45, 2.75) is 70.0 Å². The van der Waals surface area contributed by atoms with Crippen molar-refractivity contribution in [1.82, 2.24) is 14.8 Å². The summed E-state index contributed by atoms with van der Waals surface area (Å²) >= 11 is 0.